The fraction of sp³-hybridized carbons (Fsp3) is 0.667. The van der Waals surface area contributed by atoms with E-state index in [1.165, 1.54) is 19.3 Å². The minimum Gasteiger partial charge on any atom is -0.495 e. The normalized spacial score (nSPS) is 35.0. The largest absolute Gasteiger partial charge is 0.495 e. The number of ether oxygens (including phenoxy) is 2. The van der Waals surface area contributed by atoms with Crippen LogP contribution in [0.4, 0.5) is 0 Å². The summed E-state index contributed by atoms with van der Waals surface area (Å²) in [5.41, 5.74) is 0.919. The van der Waals surface area contributed by atoms with Gasteiger partial charge in [-0.25, -0.2) is 0 Å². The van der Waals surface area contributed by atoms with Crippen molar-refractivity contribution in [2.75, 3.05) is 13.7 Å². The van der Waals surface area contributed by atoms with Crippen LogP contribution in [0.1, 0.15) is 37.7 Å². The van der Waals surface area contributed by atoms with Crippen LogP contribution >= 0.6 is 0 Å². The van der Waals surface area contributed by atoms with Crippen molar-refractivity contribution < 1.29 is 14.3 Å². The Hall–Kier alpha value is -1.42. The van der Waals surface area contributed by atoms with Crippen LogP contribution in [0, 0.1) is 23.2 Å². The Morgan fingerprint density at radius 2 is 2.05 bits per heavy atom. The van der Waals surface area contributed by atoms with E-state index in [1.807, 2.05) is 6.07 Å². The van der Waals surface area contributed by atoms with Crippen molar-refractivity contribution in [1.29, 1.82) is 0 Å². The van der Waals surface area contributed by atoms with E-state index in [1.54, 1.807) is 19.5 Å². The third-order valence-corrected chi connectivity index (χ3v) is 6.05. The number of carbonyl (C=O) groups is 1. The van der Waals surface area contributed by atoms with Gasteiger partial charge in [0.1, 0.15) is 12.4 Å². The number of nitrogens with zero attached hydrogens (tertiary/aromatic N) is 1. The molecule has 4 fully saturated rings. The van der Waals surface area contributed by atoms with Crippen molar-refractivity contribution in [3.05, 3.63) is 24.0 Å². The number of hydrogen-bond donors (Lipinski definition) is 0. The molecular weight excluding hydrogens is 278 g/mol. The Morgan fingerprint density at radius 3 is 2.77 bits per heavy atom. The van der Waals surface area contributed by atoms with Crippen LogP contribution in [-0.4, -0.2) is 24.5 Å². The average molecular weight is 301 g/mol. The lowest BCUT2D eigenvalue weighted by Crippen LogP contribution is -2.35. The van der Waals surface area contributed by atoms with Gasteiger partial charge in [-0.05, 0) is 61.5 Å². The maximum absolute atomic E-state index is 12.8. The van der Waals surface area contributed by atoms with Gasteiger partial charge in [-0.15, -0.1) is 0 Å². The highest BCUT2D eigenvalue weighted by Gasteiger charge is 2.60. The van der Waals surface area contributed by atoms with Gasteiger partial charge in [0.15, 0.2) is 5.78 Å². The van der Waals surface area contributed by atoms with Crippen LogP contribution in [0.15, 0.2) is 18.5 Å². The molecule has 0 spiro atoms. The smallest absolute Gasteiger partial charge is 0.164 e. The van der Waals surface area contributed by atoms with Gasteiger partial charge in [0.2, 0.25) is 0 Å². The number of Topliss-reactive ketones (excluding diaryl/α,β-unsaturated/α-hetero) is 1. The van der Waals surface area contributed by atoms with Gasteiger partial charge >= 0.3 is 0 Å². The molecule has 4 bridgehead atoms. The second-order valence-electron chi connectivity index (χ2n) is 7.35. The number of ketones is 1. The highest BCUT2D eigenvalue weighted by molar-refractivity contribution is 5.87. The molecule has 0 N–H and O–H groups in total. The van der Waals surface area contributed by atoms with Gasteiger partial charge in [-0.2, -0.15) is 0 Å². The molecule has 0 aromatic carbocycles. The highest BCUT2D eigenvalue weighted by Crippen LogP contribution is 2.65. The molecule has 22 heavy (non-hydrogen) atoms. The minimum atomic E-state index is -0.0276. The number of rotatable bonds is 6. The van der Waals surface area contributed by atoms with Gasteiger partial charge in [0.25, 0.3) is 0 Å². The molecule has 4 aliphatic rings. The Morgan fingerprint density at radius 1 is 1.27 bits per heavy atom. The zero-order valence-corrected chi connectivity index (χ0v) is 13.1. The van der Waals surface area contributed by atoms with E-state index in [-0.39, 0.29) is 12.0 Å². The highest BCUT2D eigenvalue weighted by atomic mass is 16.5. The van der Waals surface area contributed by atoms with Gasteiger partial charge < -0.3 is 9.47 Å². The Balaban J connectivity index is 1.35. The first-order chi connectivity index (χ1) is 10.7. The lowest BCUT2D eigenvalue weighted by atomic mass is 9.73. The summed E-state index contributed by atoms with van der Waals surface area (Å²) in [7, 11) is 1.62. The van der Waals surface area contributed by atoms with E-state index in [4.69, 9.17) is 9.47 Å². The molecule has 0 aliphatic heterocycles. The molecular formula is C18H23NO3. The van der Waals surface area contributed by atoms with E-state index >= 15 is 0 Å². The van der Waals surface area contributed by atoms with E-state index < -0.39 is 0 Å². The Labute approximate surface area is 131 Å². The van der Waals surface area contributed by atoms with Crippen LogP contribution in [0.25, 0.3) is 0 Å². The molecule has 0 radical (unpaired) electrons. The third kappa shape index (κ3) is 2.24. The van der Waals surface area contributed by atoms with E-state index in [0.717, 1.165) is 36.0 Å². The van der Waals surface area contributed by atoms with E-state index in [2.05, 4.69) is 4.98 Å². The first-order valence-electron chi connectivity index (χ1n) is 8.28. The van der Waals surface area contributed by atoms with Crippen LogP contribution in [-0.2, 0) is 16.1 Å². The lowest BCUT2D eigenvalue weighted by Gasteiger charge is -2.31. The van der Waals surface area contributed by atoms with Crippen LogP contribution in [0.5, 0.6) is 5.75 Å². The fourth-order valence-corrected chi connectivity index (χ4v) is 5.31. The van der Waals surface area contributed by atoms with Crippen molar-refractivity contribution in [3.63, 3.8) is 0 Å². The second kappa shape index (κ2) is 5.34. The SMILES string of the molecule is COc1cncc(COCC(=O)C23CC4CC(CC2C4)C3)c1. The van der Waals surface area contributed by atoms with Crippen molar-refractivity contribution in [3.8, 4) is 5.75 Å². The minimum absolute atomic E-state index is 0.0276. The van der Waals surface area contributed by atoms with Gasteiger partial charge in [-0.1, -0.05) is 0 Å². The van der Waals surface area contributed by atoms with Gasteiger partial charge in [0.05, 0.1) is 19.9 Å². The summed E-state index contributed by atoms with van der Waals surface area (Å²) >= 11 is 0. The molecule has 1 aromatic heterocycles. The summed E-state index contributed by atoms with van der Waals surface area (Å²) in [5.74, 6) is 3.33. The number of carbonyl (C=O) groups excluding carboxylic acids is 1. The zero-order chi connectivity index (χ0) is 15.2. The first kappa shape index (κ1) is 14.2. The standard InChI is InChI=1S/C18H23NO3/c1-21-16-5-14(8-19-9-16)10-22-11-17(20)18-6-12-2-13(7-18)4-15(18)3-12/h5,8-9,12-13,15H,2-4,6-7,10-11H2,1H3. The quantitative estimate of drug-likeness (QED) is 0.810. The molecule has 5 rings (SSSR count). The molecule has 4 heteroatoms. The number of pyridine rings is 1. The first-order valence-corrected chi connectivity index (χ1v) is 8.28. The monoisotopic (exact) mass is 301 g/mol. The maximum Gasteiger partial charge on any atom is 0.164 e. The summed E-state index contributed by atoms with van der Waals surface area (Å²) in [5, 5.41) is 0. The summed E-state index contributed by atoms with van der Waals surface area (Å²) in [4.78, 5) is 16.9. The number of hydrogen-bond acceptors (Lipinski definition) is 4. The van der Waals surface area contributed by atoms with Crippen molar-refractivity contribution in [1.82, 2.24) is 4.98 Å². The molecule has 0 amide bonds. The molecule has 4 aliphatic carbocycles. The zero-order valence-electron chi connectivity index (χ0n) is 13.1. The Kier molecular flexibility index (Phi) is 3.44. The van der Waals surface area contributed by atoms with Gasteiger partial charge in [-0.3, -0.25) is 9.78 Å². The van der Waals surface area contributed by atoms with Crippen molar-refractivity contribution >= 4 is 5.78 Å². The third-order valence-electron chi connectivity index (χ3n) is 6.05. The summed E-state index contributed by atoms with van der Waals surface area (Å²) in [6.45, 7) is 0.663. The lowest BCUT2D eigenvalue weighted by molar-refractivity contribution is -0.135. The molecule has 1 aromatic rings. The summed E-state index contributed by atoms with van der Waals surface area (Å²) in [6, 6.07) is 1.90. The number of aromatic nitrogens is 1. The molecule has 1 heterocycles. The van der Waals surface area contributed by atoms with Crippen LogP contribution < -0.4 is 4.74 Å². The maximum atomic E-state index is 12.8. The summed E-state index contributed by atoms with van der Waals surface area (Å²) < 4.78 is 10.9. The van der Waals surface area contributed by atoms with Crippen molar-refractivity contribution in [2.24, 2.45) is 23.2 Å². The fourth-order valence-electron chi connectivity index (χ4n) is 5.31. The van der Waals surface area contributed by atoms with Crippen LogP contribution in [0.3, 0.4) is 0 Å². The molecule has 2 unspecified atom stereocenters. The van der Waals surface area contributed by atoms with E-state index in [9.17, 15) is 4.79 Å². The molecule has 118 valence electrons. The molecule has 4 saturated carbocycles. The number of methoxy groups -OCH3 is 1. The molecule has 2 atom stereocenters. The molecule has 0 saturated heterocycles. The Bertz CT molecular complexity index is 571. The average Bonchev–Trinajstić information content (AvgIpc) is 2.93. The van der Waals surface area contributed by atoms with Crippen LogP contribution in [0.2, 0.25) is 0 Å². The summed E-state index contributed by atoms with van der Waals surface area (Å²) in [6.07, 6.45) is 9.59. The van der Waals surface area contributed by atoms with Gasteiger partial charge in [0, 0.05) is 11.6 Å². The van der Waals surface area contributed by atoms with Crippen molar-refractivity contribution in [2.45, 2.75) is 38.7 Å². The predicted octanol–water partition coefficient (Wildman–Crippen LogP) is 3.00. The topological polar surface area (TPSA) is 48.4 Å². The second-order valence-corrected chi connectivity index (χ2v) is 7.35. The predicted molar refractivity (Wildman–Crippen MR) is 81.4 cm³/mol. The molecule has 4 nitrogen and oxygen atoms in total. The van der Waals surface area contributed by atoms with E-state index in [0.29, 0.717) is 18.3 Å².